The van der Waals surface area contributed by atoms with E-state index in [1.165, 1.54) is 16.7 Å². The number of hydrogen-bond donors (Lipinski definition) is 0. The summed E-state index contributed by atoms with van der Waals surface area (Å²) in [6.07, 6.45) is 5.95. The molecule has 2 heterocycles. The predicted octanol–water partition coefficient (Wildman–Crippen LogP) is 7.99. The lowest BCUT2D eigenvalue weighted by Gasteiger charge is -2.42. The fraction of sp³-hybridized carbons (Fsp3) is 0.467. The molecule has 3 aromatic rings. The molecule has 0 radical (unpaired) electrons. The van der Waals surface area contributed by atoms with Crippen LogP contribution in [0.25, 0.3) is 0 Å². The molecule has 0 aliphatic heterocycles. The Morgan fingerprint density at radius 1 is 0.618 bits per heavy atom. The maximum absolute atomic E-state index is 4.78. The Hall–Kier alpha value is -1.62. The smallest absolute Gasteiger partial charge is 0.0695 e. The van der Waals surface area contributed by atoms with Crippen molar-refractivity contribution in [3.8, 4) is 0 Å². The molecule has 2 aromatic heterocycles. The molecule has 0 unspecified atom stereocenters. The highest BCUT2D eigenvalue weighted by atomic mass is 31.1. The van der Waals surface area contributed by atoms with Gasteiger partial charge < -0.3 is 0 Å². The first-order valence-electron chi connectivity index (χ1n) is 12.3. The van der Waals surface area contributed by atoms with E-state index >= 15 is 0 Å². The molecular weight excluding hydrogens is 450 g/mol. The molecule has 0 fully saturated rings. The van der Waals surface area contributed by atoms with Gasteiger partial charge in [0.25, 0.3) is 0 Å². The van der Waals surface area contributed by atoms with E-state index in [1.54, 1.807) is 0 Å². The number of pyridine rings is 2. The zero-order valence-corrected chi connectivity index (χ0v) is 24.3. The van der Waals surface area contributed by atoms with Crippen LogP contribution in [0.5, 0.6) is 0 Å². The van der Waals surface area contributed by atoms with Crippen LogP contribution in [0.1, 0.15) is 79.0 Å². The van der Waals surface area contributed by atoms with Gasteiger partial charge in [0.2, 0.25) is 0 Å². The van der Waals surface area contributed by atoms with Crippen LogP contribution in [-0.2, 0) is 17.7 Å². The van der Waals surface area contributed by atoms with Gasteiger partial charge in [0.05, 0.1) is 10.9 Å². The molecule has 0 bridgehead atoms. The Morgan fingerprint density at radius 2 is 1.15 bits per heavy atom. The summed E-state index contributed by atoms with van der Waals surface area (Å²) in [6, 6.07) is 19.8. The van der Waals surface area contributed by atoms with E-state index in [1.807, 2.05) is 24.5 Å². The largest absolute Gasteiger partial charge is 0.256 e. The first-order valence-corrected chi connectivity index (χ1v) is 15.3. The Kier molecular flexibility index (Phi) is 8.38. The Balaban J connectivity index is 2.12. The van der Waals surface area contributed by atoms with Gasteiger partial charge in [0, 0.05) is 26.5 Å². The molecule has 0 amide bonds. The summed E-state index contributed by atoms with van der Waals surface area (Å²) in [7, 11) is -0.918. The van der Waals surface area contributed by atoms with Gasteiger partial charge >= 0.3 is 0 Å². The summed E-state index contributed by atoms with van der Waals surface area (Å²) < 4.78 is 0. The predicted molar refractivity (Wildman–Crippen MR) is 154 cm³/mol. The van der Waals surface area contributed by atoms with E-state index in [2.05, 4.69) is 105 Å². The van der Waals surface area contributed by atoms with Crippen molar-refractivity contribution in [2.45, 2.75) is 90.4 Å². The highest BCUT2D eigenvalue weighted by molar-refractivity contribution is 7.71. The molecule has 34 heavy (non-hydrogen) atoms. The van der Waals surface area contributed by atoms with Gasteiger partial charge in [-0.15, -0.1) is 0 Å². The van der Waals surface area contributed by atoms with Gasteiger partial charge in [-0.1, -0.05) is 101 Å². The molecule has 0 N–H and O–H groups in total. The fourth-order valence-corrected chi connectivity index (χ4v) is 10.3. The molecule has 182 valence electrons. The lowest BCUT2D eigenvalue weighted by Crippen LogP contribution is -2.26. The van der Waals surface area contributed by atoms with Gasteiger partial charge in [-0.2, -0.15) is 0 Å². The maximum Gasteiger partial charge on any atom is 0.0695 e. The first-order chi connectivity index (χ1) is 15.8. The topological polar surface area (TPSA) is 25.8 Å². The number of rotatable bonds is 6. The number of aromatic nitrogens is 2. The summed E-state index contributed by atoms with van der Waals surface area (Å²) in [5.41, 5.74) is 6.79. The molecule has 1 aromatic carbocycles. The number of hydrogen-bond acceptors (Lipinski definition) is 2. The van der Waals surface area contributed by atoms with Crippen LogP contribution in [0.2, 0.25) is 0 Å². The quantitative estimate of drug-likeness (QED) is 0.326. The minimum Gasteiger partial charge on any atom is -0.256 e. The van der Waals surface area contributed by atoms with Crippen molar-refractivity contribution >= 4 is 26.7 Å². The lowest BCUT2D eigenvalue weighted by molar-refractivity contribution is 0.589. The van der Waals surface area contributed by atoms with Crippen LogP contribution < -0.4 is 10.9 Å². The van der Waals surface area contributed by atoms with Crippen LogP contribution in [0.15, 0.2) is 67.0 Å². The summed E-state index contributed by atoms with van der Waals surface area (Å²) in [5, 5.41) is 0.584. The van der Waals surface area contributed by atoms with Gasteiger partial charge in [-0.25, -0.2) is 0 Å². The SMILES string of the molecule is CC(C)(C)c1ccc(CP(C(C)(C)C)C(C)(C)C)c(CP(c2ccccn2)c2ccccn2)c1. The van der Waals surface area contributed by atoms with E-state index in [-0.39, 0.29) is 13.3 Å². The molecule has 0 saturated heterocycles. The van der Waals surface area contributed by atoms with Crippen molar-refractivity contribution in [3.63, 3.8) is 0 Å². The van der Waals surface area contributed by atoms with Crippen molar-refractivity contribution in [2.75, 3.05) is 0 Å². The van der Waals surface area contributed by atoms with Gasteiger partial charge in [0.15, 0.2) is 0 Å². The van der Waals surface area contributed by atoms with Gasteiger partial charge in [-0.3, -0.25) is 9.97 Å². The van der Waals surface area contributed by atoms with Gasteiger partial charge in [-0.05, 0) is 62.8 Å². The van der Waals surface area contributed by atoms with Crippen molar-refractivity contribution in [3.05, 3.63) is 83.7 Å². The molecular formula is C30H42N2P2. The van der Waals surface area contributed by atoms with Crippen molar-refractivity contribution in [1.29, 1.82) is 0 Å². The first kappa shape index (κ1) is 27.0. The highest BCUT2D eigenvalue weighted by Crippen LogP contribution is 2.61. The summed E-state index contributed by atoms with van der Waals surface area (Å²) in [6.45, 7) is 21.4. The van der Waals surface area contributed by atoms with Gasteiger partial charge in [0.1, 0.15) is 0 Å². The van der Waals surface area contributed by atoms with Crippen LogP contribution in [0.3, 0.4) is 0 Å². The zero-order chi connectivity index (χ0) is 25.1. The average molecular weight is 493 g/mol. The summed E-state index contributed by atoms with van der Waals surface area (Å²) in [5.74, 6) is 0. The Bertz CT molecular complexity index is 1010. The molecule has 0 saturated carbocycles. The van der Waals surface area contributed by atoms with Crippen molar-refractivity contribution in [2.24, 2.45) is 0 Å². The Labute approximate surface area is 210 Å². The molecule has 0 aliphatic rings. The molecule has 0 spiro atoms. The molecule has 0 aliphatic carbocycles. The van der Waals surface area contributed by atoms with E-state index < -0.39 is 7.92 Å². The monoisotopic (exact) mass is 492 g/mol. The minimum absolute atomic E-state index is 0.116. The molecule has 0 atom stereocenters. The molecule has 3 rings (SSSR count). The van der Waals surface area contributed by atoms with Crippen molar-refractivity contribution in [1.82, 2.24) is 9.97 Å². The van der Waals surface area contributed by atoms with Crippen LogP contribution >= 0.6 is 15.8 Å². The third kappa shape index (κ3) is 6.96. The highest BCUT2D eigenvalue weighted by Gasteiger charge is 2.35. The fourth-order valence-electron chi connectivity index (χ4n) is 4.52. The second-order valence-electron chi connectivity index (χ2n) is 12.1. The zero-order valence-electron chi connectivity index (χ0n) is 22.6. The third-order valence-electron chi connectivity index (χ3n) is 6.20. The van der Waals surface area contributed by atoms with Crippen molar-refractivity contribution < 1.29 is 0 Å². The number of benzene rings is 1. The van der Waals surface area contributed by atoms with Crippen LogP contribution in [0, 0.1) is 0 Å². The second-order valence-corrected chi connectivity index (χ2v) is 18.1. The normalized spacial score (nSPS) is 13.0. The standard InChI is InChI=1S/C30H42N2P2/c1-28(2,3)25-17-16-23(22-34(29(4,5)6)30(7,8)9)24(20-25)21-33(26-14-10-12-18-31-26)27-15-11-13-19-32-27/h10-20H,21-22H2,1-9H3. The summed E-state index contributed by atoms with van der Waals surface area (Å²) in [4.78, 5) is 9.57. The lowest BCUT2D eigenvalue weighted by atomic mass is 9.85. The second kappa shape index (κ2) is 10.6. The average Bonchev–Trinajstić information content (AvgIpc) is 2.75. The van der Waals surface area contributed by atoms with E-state index in [9.17, 15) is 0 Å². The van der Waals surface area contributed by atoms with Crippen LogP contribution in [0.4, 0.5) is 0 Å². The molecule has 2 nitrogen and oxygen atoms in total. The number of nitrogens with zero attached hydrogens (tertiary/aromatic N) is 2. The maximum atomic E-state index is 4.78. The van der Waals surface area contributed by atoms with E-state index in [0.717, 1.165) is 23.2 Å². The van der Waals surface area contributed by atoms with Crippen LogP contribution in [-0.4, -0.2) is 20.3 Å². The third-order valence-corrected chi connectivity index (χ3v) is 12.4. The van der Waals surface area contributed by atoms with E-state index in [4.69, 9.17) is 9.97 Å². The Morgan fingerprint density at radius 3 is 1.56 bits per heavy atom. The summed E-state index contributed by atoms with van der Waals surface area (Å²) >= 11 is 0. The van der Waals surface area contributed by atoms with E-state index in [0.29, 0.717) is 10.3 Å². The minimum atomic E-state index is -0.688. The molecule has 4 heteroatoms.